The summed E-state index contributed by atoms with van der Waals surface area (Å²) in [6.45, 7) is 3.51. The van der Waals surface area contributed by atoms with Crippen molar-refractivity contribution in [3.05, 3.63) is 0 Å². The average Bonchev–Trinajstić information content (AvgIpc) is 2.36. The van der Waals surface area contributed by atoms with Crippen LogP contribution in [0.2, 0.25) is 0 Å². The number of carboxylic acids is 1. The largest absolute Gasteiger partial charge is 0.481 e. The molecule has 2 amide bonds. The fraction of sp³-hybridized carbons (Fsp3) is 0.800. The summed E-state index contributed by atoms with van der Waals surface area (Å²) in [4.78, 5) is 34.4. The lowest BCUT2D eigenvalue weighted by Crippen LogP contribution is -2.44. The summed E-state index contributed by atoms with van der Waals surface area (Å²) in [5.74, 6) is -1.53. The van der Waals surface area contributed by atoms with E-state index in [0.29, 0.717) is 0 Å². The first kappa shape index (κ1) is 17.5. The maximum atomic E-state index is 12.1. The van der Waals surface area contributed by atoms with Crippen molar-refractivity contribution in [2.24, 2.45) is 16.6 Å². The van der Waals surface area contributed by atoms with E-state index in [0.717, 1.165) is 32.1 Å². The molecule has 0 aromatic rings. The van der Waals surface area contributed by atoms with Gasteiger partial charge in [0.1, 0.15) is 0 Å². The number of primary amides is 1. The third kappa shape index (κ3) is 5.36. The second kappa shape index (κ2) is 6.91. The number of rotatable bonds is 7. The molecular weight excluding hydrogens is 272 g/mol. The summed E-state index contributed by atoms with van der Waals surface area (Å²) in [5.41, 5.74) is 4.02. The zero-order valence-electron chi connectivity index (χ0n) is 12.9. The van der Waals surface area contributed by atoms with Gasteiger partial charge in [0.25, 0.3) is 0 Å². The monoisotopic (exact) mass is 298 g/mol. The van der Waals surface area contributed by atoms with Gasteiger partial charge >= 0.3 is 5.97 Å². The average molecular weight is 298 g/mol. The molecule has 1 aliphatic rings. The SMILES string of the molecule is CC(C)(CNC(=O)CC1(CC(=O)O)CCCCC1)C(N)=O. The van der Waals surface area contributed by atoms with E-state index in [1.165, 1.54) is 0 Å². The van der Waals surface area contributed by atoms with Crippen molar-refractivity contribution in [3.63, 3.8) is 0 Å². The van der Waals surface area contributed by atoms with E-state index >= 15 is 0 Å². The lowest BCUT2D eigenvalue weighted by Gasteiger charge is -2.35. The van der Waals surface area contributed by atoms with Gasteiger partial charge in [-0.1, -0.05) is 19.3 Å². The van der Waals surface area contributed by atoms with Crippen LogP contribution in [0.3, 0.4) is 0 Å². The van der Waals surface area contributed by atoms with Crippen LogP contribution >= 0.6 is 0 Å². The van der Waals surface area contributed by atoms with Gasteiger partial charge in [-0.15, -0.1) is 0 Å². The molecule has 0 radical (unpaired) electrons. The van der Waals surface area contributed by atoms with Crippen LogP contribution in [0.1, 0.15) is 58.8 Å². The lowest BCUT2D eigenvalue weighted by molar-refractivity contribution is -0.141. The zero-order valence-corrected chi connectivity index (χ0v) is 12.9. The van der Waals surface area contributed by atoms with Gasteiger partial charge in [0, 0.05) is 13.0 Å². The van der Waals surface area contributed by atoms with E-state index in [2.05, 4.69) is 5.32 Å². The Kier molecular flexibility index (Phi) is 5.75. The molecule has 6 heteroatoms. The van der Waals surface area contributed by atoms with E-state index in [9.17, 15) is 14.4 Å². The van der Waals surface area contributed by atoms with Crippen molar-refractivity contribution >= 4 is 17.8 Å². The van der Waals surface area contributed by atoms with Crippen LogP contribution in [0.5, 0.6) is 0 Å². The van der Waals surface area contributed by atoms with Gasteiger partial charge in [0.15, 0.2) is 0 Å². The third-order valence-corrected chi connectivity index (χ3v) is 4.37. The Balaban J connectivity index is 2.60. The standard InChI is InChI=1S/C15H26N2O4/c1-14(2,13(16)21)10-17-11(18)8-15(9-12(19)20)6-4-3-5-7-15/h3-10H2,1-2H3,(H2,16,21)(H,17,18)(H,19,20). The highest BCUT2D eigenvalue weighted by molar-refractivity contribution is 5.82. The minimum absolute atomic E-state index is 0.0274. The van der Waals surface area contributed by atoms with E-state index in [1.54, 1.807) is 13.8 Å². The van der Waals surface area contributed by atoms with Crippen LogP contribution in [0.25, 0.3) is 0 Å². The number of carbonyl (C=O) groups is 3. The highest BCUT2D eigenvalue weighted by atomic mass is 16.4. The highest BCUT2D eigenvalue weighted by Gasteiger charge is 2.37. The molecule has 21 heavy (non-hydrogen) atoms. The minimum Gasteiger partial charge on any atom is -0.481 e. The molecule has 1 rings (SSSR count). The molecule has 1 aliphatic carbocycles. The number of amides is 2. The number of hydrogen-bond donors (Lipinski definition) is 3. The van der Waals surface area contributed by atoms with Gasteiger partial charge < -0.3 is 16.2 Å². The Hall–Kier alpha value is -1.59. The van der Waals surface area contributed by atoms with Crippen LogP contribution < -0.4 is 11.1 Å². The van der Waals surface area contributed by atoms with Gasteiger partial charge in [-0.2, -0.15) is 0 Å². The van der Waals surface area contributed by atoms with Crippen LogP contribution in [0.4, 0.5) is 0 Å². The minimum atomic E-state index is -0.859. The lowest BCUT2D eigenvalue weighted by atomic mass is 9.69. The van der Waals surface area contributed by atoms with E-state index in [-0.39, 0.29) is 25.3 Å². The first-order valence-corrected chi connectivity index (χ1v) is 7.45. The van der Waals surface area contributed by atoms with Gasteiger partial charge in [-0.3, -0.25) is 14.4 Å². The number of hydrogen-bond acceptors (Lipinski definition) is 3. The molecule has 0 aromatic heterocycles. The molecule has 0 bridgehead atoms. The molecule has 6 nitrogen and oxygen atoms in total. The molecule has 0 saturated heterocycles. The molecule has 0 unspecified atom stereocenters. The van der Waals surface area contributed by atoms with Crippen molar-refractivity contribution in [1.29, 1.82) is 0 Å². The highest BCUT2D eigenvalue weighted by Crippen LogP contribution is 2.42. The van der Waals surface area contributed by atoms with E-state index in [1.807, 2.05) is 0 Å². The molecule has 0 aromatic carbocycles. The summed E-state index contributed by atoms with van der Waals surface area (Å²) in [7, 11) is 0. The topological polar surface area (TPSA) is 109 Å². The van der Waals surface area contributed by atoms with Gasteiger partial charge in [0.05, 0.1) is 11.8 Å². The maximum Gasteiger partial charge on any atom is 0.303 e. The van der Waals surface area contributed by atoms with Crippen LogP contribution in [-0.2, 0) is 14.4 Å². The Labute approximate surface area is 125 Å². The molecule has 1 saturated carbocycles. The van der Waals surface area contributed by atoms with E-state index in [4.69, 9.17) is 10.8 Å². The predicted octanol–water partition coefficient (Wildman–Crippen LogP) is 1.43. The molecule has 1 fully saturated rings. The molecule has 4 N–H and O–H groups in total. The summed E-state index contributed by atoms with van der Waals surface area (Å²) in [5, 5.41) is 11.8. The van der Waals surface area contributed by atoms with Gasteiger partial charge in [0.2, 0.25) is 11.8 Å². The summed E-state index contributed by atoms with van der Waals surface area (Å²) in [6.07, 6.45) is 4.80. The maximum absolute atomic E-state index is 12.1. The zero-order chi connectivity index (χ0) is 16.1. The second-order valence-corrected chi connectivity index (χ2v) is 6.83. The normalized spacial score (nSPS) is 18.0. The number of carbonyl (C=O) groups excluding carboxylic acids is 2. The molecule has 0 atom stereocenters. The Morgan fingerprint density at radius 1 is 1.14 bits per heavy atom. The summed E-state index contributed by atoms with van der Waals surface area (Å²) in [6, 6.07) is 0. The summed E-state index contributed by atoms with van der Waals surface area (Å²) >= 11 is 0. The molecule has 0 spiro atoms. The quantitative estimate of drug-likeness (QED) is 0.660. The number of nitrogens with one attached hydrogen (secondary N) is 1. The Bertz CT molecular complexity index is 412. The van der Waals surface area contributed by atoms with Crippen molar-refractivity contribution in [3.8, 4) is 0 Å². The fourth-order valence-corrected chi connectivity index (χ4v) is 2.85. The Morgan fingerprint density at radius 2 is 1.71 bits per heavy atom. The predicted molar refractivity (Wildman–Crippen MR) is 78.4 cm³/mol. The smallest absolute Gasteiger partial charge is 0.303 e. The van der Waals surface area contributed by atoms with E-state index < -0.39 is 22.7 Å². The number of aliphatic carboxylic acids is 1. The molecule has 120 valence electrons. The van der Waals surface area contributed by atoms with Crippen molar-refractivity contribution < 1.29 is 19.5 Å². The summed E-state index contributed by atoms with van der Waals surface area (Å²) < 4.78 is 0. The molecule has 0 aliphatic heterocycles. The second-order valence-electron chi connectivity index (χ2n) is 6.83. The molecule has 0 heterocycles. The van der Waals surface area contributed by atoms with Gasteiger partial charge in [-0.05, 0) is 32.1 Å². The van der Waals surface area contributed by atoms with Gasteiger partial charge in [-0.25, -0.2) is 0 Å². The van der Waals surface area contributed by atoms with Crippen molar-refractivity contribution in [2.75, 3.05) is 6.54 Å². The number of carboxylic acid groups (broad SMARTS) is 1. The Morgan fingerprint density at radius 3 is 2.19 bits per heavy atom. The van der Waals surface area contributed by atoms with Crippen LogP contribution in [-0.4, -0.2) is 29.4 Å². The molecular formula is C15H26N2O4. The number of nitrogens with two attached hydrogens (primary N) is 1. The van der Waals surface area contributed by atoms with Crippen LogP contribution in [0, 0.1) is 10.8 Å². The fourth-order valence-electron chi connectivity index (χ4n) is 2.85. The van der Waals surface area contributed by atoms with Crippen molar-refractivity contribution in [1.82, 2.24) is 5.32 Å². The van der Waals surface area contributed by atoms with Crippen molar-refractivity contribution in [2.45, 2.75) is 58.8 Å². The third-order valence-electron chi connectivity index (χ3n) is 4.37. The van der Waals surface area contributed by atoms with Crippen LogP contribution in [0.15, 0.2) is 0 Å². The first-order chi connectivity index (χ1) is 9.67. The first-order valence-electron chi connectivity index (χ1n) is 7.45.